The van der Waals surface area contributed by atoms with Gasteiger partial charge in [0.25, 0.3) is 0 Å². The fourth-order valence-electron chi connectivity index (χ4n) is 6.83. The van der Waals surface area contributed by atoms with Crippen molar-refractivity contribution in [1.82, 2.24) is 9.13 Å². The first kappa shape index (κ1) is 27.7. The van der Waals surface area contributed by atoms with Gasteiger partial charge in [0.2, 0.25) is 0 Å². The number of benzene rings is 6. The van der Waals surface area contributed by atoms with E-state index >= 15 is 13.2 Å². The molecule has 0 aliphatic rings. The Bertz CT molecular complexity index is 2560. The average molecular weight is 606 g/mol. The molecule has 6 aromatic carbocycles. The van der Waals surface area contributed by atoms with Crippen LogP contribution >= 0.6 is 0 Å². The van der Waals surface area contributed by atoms with E-state index in [1.165, 1.54) is 6.07 Å². The van der Waals surface area contributed by atoms with Crippen LogP contribution in [0.1, 0.15) is 16.7 Å². The van der Waals surface area contributed by atoms with E-state index in [1.54, 1.807) is 28.8 Å². The van der Waals surface area contributed by atoms with Gasteiger partial charge in [0.15, 0.2) is 5.69 Å². The van der Waals surface area contributed by atoms with Gasteiger partial charge >= 0.3 is 6.18 Å². The number of alkyl halides is 3. The fourth-order valence-corrected chi connectivity index (χ4v) is 6.83. The largest absolute Gasteiger partial charge is 0.418 e. The summed E-state index contributed by atoms with van der Waals surface area (Å²) in [7, 11) is 0. The fraction of sp³-hybridized carbons (Fsp3) is 0.0750. The number of rotatable bonds is 3. The number of fused-ring (bicyclic) bond motifs is 6. The second-order valence-corrected chi connectivity index (χ2v) is 11.8. The molecule has 6 heteroatoms. The Balaban J connectivity index is 1.58. The minimum atomic E-state index is -4.67. The third-order valence-electron chi connectivity index (χ3n) is 8.85. The third-order valence-corrected chi connectivity index (χ3v) is 8.85. The number of hydrogen-bond donors (Lipinski definition) is 0. The highest BCUT2D eigenvalue weighted by molar-refractivity contribution is 6.11. The first-order valence-electron chi connectivity index (χ1n) is 15.0. The lowest BCUT2D eigenvalue weighted by Gasteiger charge is -2.22. The summed E-state index contributed by atoms with van der Waals surface area (Å²) in [5.41, 5.74) is 6.32. The number of aromatic nitrogens is 2. The molecule has 0 radical (unpaired) electrons. The summed E-state index contributed by atoms with van der Waals surface area (Å²) in [6, 6.07) is 37.4. The zero-order chi connectivity index (χ0) is 31.7. The van der Waals surface area contributed by atoms with Gasteiger partial charge in [-0.1, -0.05) is 78.9 Å². The summed E-state index contributed by atoms with van der Waals surface area (Å²) in [5, 5.41) is 3.67. The average Bonchev–Trinajstić information content (AvgIpc) is 3.55. The lowest BCUT2D eigenvalue weighted by atomic mass is 9.98. The Kier molecular flexibility index (Phi) is 6.10. The lowest BCUT2D eigenvalue weighted by Crippen LogP contribution is -2.13. The molecule has 2 aromatic heterocycles. The summed E-state index contributed by atoms with van der Waals surface area (Å²) in [5.74, 6) is 0. The maximum atomic E-state index is 15.4. The molecule has 46 heavy (non-hydrogen) atoms. The molecule has 0 bridgehead atoms. The van der Waals surface area contributed by atoms with E-state index in [4.69, 9.17) is 6.57 Å². The summed E-state index contributed by atoms with van der Waals surface area (Å²) in [4.78, 5) is 3.64. The molecule has 0 N–H and O–H groups in total. The van der Waals surface area contributed by atoms with Crippen molar-refractivity contribution in [2.45, 2.75) is 20.0 Å². The summed E-state index contributed by atoms with van der Waals surface area (Å²) >= 11 is 0. The van der Waals surface area contributed by atoms with Crippen molar-refractivity contribution >= 4 is 49.3 Å². The highest BCUT2D eigenvalue weighted by atomic mass is 19.4. The van der Waals surface area contributed by atoms with Crippen molar-refractivity contribution in [3.05, 3.63) is 149 Å². The molecule has 0 saturated heterocycles. The normalized spacial score (nSPS) is 12.0. The Morgan fingerprint density at radius 3 is 1.65 bits per heavy atom. The van der Waals surface area contributed by atoms with E-state index in [2.05, 4.69) is 4.85 Å². The number of aryl methyl sites for hydroxylation is 2. The molecule has 2 heterocycles. The predicted octanol–water partition coefficient (Wildman–Crippen LogP) is 11.7. The second kappa shape index (κ2) is 10.1. The van der Waals surface area contributed by atoms with Crippen LogP contribution in [0.15, 0.2) is 121 Å². The summed E-state index contributed by atoms with van der Waals surface area (Å²) in [6.45, 7) is 11.6. The van der Waals surface area contributed by atoms with Crippen molar-refractivity contribution in [3.63, 3.8) is 0 Å². The van der Waals surface area contributed by atoms with Gasteiger partial charge in [0, 0.05) is 27.1 Å². The van der Waals surface area contributed by atoms with Gasteiger partial charge in [-0.05, 0) is 73.0 Å². The van der Waals surface area contributed by atoms with Crippen molar-refractivity contribution < 1.29 is 13.2 Å². The Morgan fingerprint density at radius 1 is 0.543 bits per heavy atom. The van der Waals surface area contributed by atoms with Gasteiger partial charge < -0.3 is 9.13 Å². The van der Waals surface area contributed by atoms with Crippen LogP contribution in [0.2, 0.25) is 0 Å². The van der Waals surface area contributed by atoms with Gasteiger partial charge in [0.1, 0.15) is 0 Å². The van der Waals surface area contributed by atoms with Gasteiger partial charge in [0.05, 0.1) is 45.6 Å². The van der Waals surface area contributed by atoms with Crippen LogP contribution in [-0.4, -0.2) is 9.13 Å². The molecule has 0 aliphatic carbocycles. The first-order chi connectivity index (χ1) is 22.2. The molecule has 3 nitrogen and oxygen atoms in total. The van der Waals surface area contributed by atoms with E-state index in [0.717, 1.165) is 43.7 Å². The molecule has 0 amide bonds. The van der Waals surface area contributed by atoms with E-state index in [-0.39, 0.29) is 5.69 Å². The minimum absolute atomic E-state index is 0.0354. The molecule has 0 unspecified atom stereocenters. The molecule has 0 aliphatic heterocycles. The number of halogens is 3. The van der Waals surface area contributed by atoms with Crippen molar-refractivity contribution in [2.24, 2.45) is 0 Å². The molecule has 0 fully saturated rings. The maximum absolute atomic E-state index is 15.4. The molecule has 8 aromatic rings. The van der Waals surface area contributed by atoms with Crippen molar-refractivity contribution in [2.75, 3.05) is 0 Å². The van der Waals surface area contributed by atoms with Crippen molar-refractivity contribution in [1.29, 1.82) is 0 Å². The minimum Gasteiger partial charge on any atom is -0.309 e. The Labute approximate surface area is 263 Å². The molecule has 0 spiro atoms. The molecular formula is C40H26F3N3. The Morgan fingerprint density at radius 2 is 1.09 bits per heavy atom. The highest BCUT2D eigenvalue weighted by Gasteiger charge is 2.36. The number of nitrogens with zero attached hydrogens (tertiary/aromatic N) is 3. The van der Waals surface area contributed by atoms with Gasteiger partial charge in [-0.15, -0.1) is 0 Å². The zero-order valence-electron chi connectivity index (χ0n) is 25.0. The van der Waals surface area contributed by atoms with Crippen LogP contribution in [0, 0.1) is 20.4 Å². The summed E-state index contributed by atoms with van der Waals surface area (Å²) in [6.07, 6.45) is -4.67. The number of hydrogen-bond acceptors (Lipinski definition) is 0. The van der Waals surface area contributed by atoms with E-state index in [9.17, 15) is 0 Å². The zero-order valence-corrected chi connectivity index (χ0v) is 25.0. The lowest BCUT2D eigenvalue weighted by molar-refractivity contribution is -0.137. The third kappa shape index (κ3) is 4.20. The topological polar surface area (TPSA) is 14.2 Å². The molecule has 222 valence electrons. The quantitative estimate of drug-likeness (QED) is 0.178. The SMILES string of the molecule is [C-]#[N+]c1cccc(-c2cc(-n3c4ccccc4c4ccc(C)cc43)c(C(F)(F)F)cc2-n2c3ccccc3c3ccc(C)cc32)c1. The molecule has 8 rings (SSSR count). The van der Waals surface area contributed by atoms with Crippen LogP contribution in [0.5, 0.6) is 0 Å². The van der Waals surface area contributed by atoms with Gasteiger partial charge in [-0.3, -0.25) is 0 Å². The molecule has 0 saturated carbocycles. The van der Waals surface area contributed by atoms with Crippen molar-refractivity contribution in [3.8, 4) is 22.5 Å². The van der Waals surface area contributed by atoms with E-state index in [0.29, 0.717) is 33.5 Å². The summed E-state index contributed by atoms with van der Waals surface area (Å²) < 4.78 is 49.9. The highest BCUT2D eigenvalue weighted by Crippen LogP contribution is 2.45. The van der Waals surface area contributed by atoms with Gasteiger partial charge in [-0.2, -0.15) is 13.2 Å². The van der Waals surface area contributed by atoms with Crippen LogP contribution < -0.4 is 0 Å². The Hall–Kier alpha value is -5.80. The molecule has 0 atom stereocenters. The first-order valence-corrected chi connectivity index (χ1v) is 15.0. The van der Waals surface area contributed by atoms with Gasteiger partial charge in [-0.25, -0.2) is 4.85 Å². The predicted molar refractivity (Wildman–Crippen MR) is 181 cm³/mol. The molecular weight excluding hydrogens is 579 g/mol. The van der Waals surface area contributed by atoms with Crippen LogP contribution in [0.25, 0.3) is 71.0 Å². The smallest absolute Gasteiger partial charge is 0.309 e. The van der Waals surface area contributed by atoms with Crippen LogP contribution in [0.3, 0.4) is 0 Å². The maximum Gasteiger partial charge on any atom is 0.418 e. The van der Waals surface area contributed by atoms with E-state index in [1.807, 2.05) is 109 Å². The van der Waals surface area contributed by atoms with Crippen LogP contribution in [0.4, 0.5) is 18.9 Å². The van der Waals surface area contributed by atoms with Crippen LogP contribution in [-0.2, 0) is 6.18 Å². The second-order valence-electron chi connectivity index (χ2n) is 11.8. The monoisotopic (exact) mass is 605 g/mol. The number of para-hydroxylation sites is 2. The van der Waals surface area contributed by atoms with E-state index < -0.39 is 11.7 Å². The standard InChI is InChI=1S/C40H26F3N3/c1-24-15-17-30-28-11-4-6-13-34(28)45(36(30)19-24)38-23-33(40(41,42)43)39(22-32(38)26-9-8-10-27(21-26)44-3)46-35-14-7-5-12-29(35)31-18-16-25(2)20-37(31)46/h4-23H,1-2H3.